The van der Waals surface area contributed by atoms with E-state index < -0.39 is 17.2 Å². The second-order valence-corrected chi connectivity index (χ2v) is 9.76. The highest BCUT2D eigenvalue weighted by atomic mass is 32.2. The maximum absolute atomic E-state index is 12.5. The van der Waals surface area contributed by atoms with Crippen LogP contribution in [-0.4, -0.2) is 58.5 Å². The number of rotatable bonds is 11. The number of nitrogens with zero attached hydrogens (tertiary/aromatic N) is 2. The molecule has 2 aromatic rings. The standard InChI is InChI=1S/C24H31N3O5S/c1-26(2)13-7-3-6-12-25-19-8-4-5-9-20(19)27(33(30)31)21-11-10-17-18-14-16(18)15-32-23(17)22(21)24(28)29/h4-5,8-11,16,18,25H,3,6-7,12-15H2,1-2H3,(H,28,29)(H,30,31). The van der Waals surface area contributed by atoms with Gasteiger partial charge in [-0.25, -0.2) is 13.3 Å². The molecule has 4 rings (SSSR count). The summed E-state index contributed by atoms with van der Waals surface area (Å²) in [6, 6.07) is 10.6. The van der Waals surface area contributed by atoms with Crippen LogP contribution >= 0.6 is 0 Å². The summed E-state index contributed by atoms with van der Waals surface area (Å²) < 4.78 is 29.7. The molecule has 2 aliphatic rings. The van der Waals surface area contributed by atoms with Crippen molar-refractivity contribution >= 4 is 34.3 Å². The van der Waals surface area contributed by atoms with Crippen LogP contribution in [0.1, 0.15) is 47.5 Å². The molecular weight excluding hydrogens is 442 g/mol. The van der Waals surface area contributed by atoms with Gasteiger partial charge in [0, 0.05) is 12.5 Å². The first kappa shape index (κ1) is 23.5. The van der Waals surface area contributed by atoms with Gasteiger partial charge in [0.25, 0.3) is 11.3 Å². The van der Waals surface area contributed by atoms with E-state index in [0.717, 1.165) is 42.1 Å². The summed E-state index contributed by atoms with van der Waals surface area (Å²) in [6.45, 7) is 2.22. The summed E-state index contributed by atoms with van der Waals surface area (Å²) in [5.74, 6) is -0.102. The Hall–Kier alpha value is -2.62. The van der Waals surface area contributed by atoms with Crippen LogP contribution in [0.4, 0.5) is 17.1 Å². The van der Waals surface area contributed by atoms with Gasteiger partial charge in [-0.3, -0.25) is 4.55 Å². The molecule has 1 saturated carbocycles. The third kappa shape index (κ3) is 5.15. The minimum atomic E-state index is -2.49. The largest absolute Gasteiger partial charge is 0.492 e. The number of hydrogen-bond donors (Lipinski definition) is 3. The summed E-state index contributed by atoms with van der Waals surface area (Å²) in [7, 11) is 4.11. The molecule has 2 aromatic carbocycles. The van der Waals surface area contributed by atoms with Gasteiger partial charge in [-0.1, -0.05) is 24.6 Å². The summed E-state index contributed by atoms with van der Waals surface area (Å²) >= 11 is -2.49. The molecule has 1 fully saturated rings. The Morgan fingerprint density at radius 3 is 2.67 bits per heavy atom. The Labute approximate surface area is 197 Å². The van der Waals surface area contributed by atoms with Crippen molar-refractivity contribution in [3.05, 3.63) is 47.5 Å². The van der Waals surface area contributed by atoms with Crippen molar-refractivity contribution in [2.24, 2.45) is 5.92 Å². The first-order chi connectivity index (χ1) is 15.9. The Bertz CT molecular complexity index is 1040. The number of carbonyl (C=O) groups is 1. The van der Waals surface area contributed by atoms with Crippen LogP contribution in [0, 0.1) is 5.92 Å². The predicted molar refractivity (Wildman–Crippen MR) is 130 cm³/mol. The fraction of sp³-hybridized carbons (Fsp3) is 0.458. The smallest absolute Gasteiger partial charge is 0.341 e. The van der Waals surface area contributed by atoms with Crippen molar-refractivity contribution in [1.82, 2.24) is 4.90 Å². The summed E-state index contributed by atoms with van der Waals surface area (Å²) in [6.07, 6.45) is 4.11. The van der Waals surface area contributed by atoms with E-state index in [2.05, 4.69) is 24.3 Å². The van der Waals surface area contributed by atoms with E-state index in [1.165, 1.54) is 0 Å². The van der Waals surface area contributed by atoms with Gasteiger partial charge in [0.2, 0.25) is 0 Å². The molecule has 1 heterocycles. The average Bonchev–Trinajstić information content (AvgIpc) is 3.56. The van der Waals surface area contributed by atoms with Crippen molar-refractivity contribution in [2.75, 3.05) is 43.4 Å². The molecular formula is C24H31N3O5S. The van der Waals surface area contributed by atoms with Crippen molar-refractivity contribution in [3.8, 4) is 5.75 Å². The first-order valence-corrected chi connectivity index (χ1v) is 12.4. The van der Waals surface area contributed by atoms with Gasteiger partial charge in [0.15, 0.2) is 0 Å². The first-order valence-electron chi connectivity index (χ1n) is 11.3. The van der Waals surface area contributed by atoms with Crippen molar-refractivity contribution < 1.29 is 23.4 Å². The van der Waals surface area contributed by atoms with Gasteiger partial charge in [-0.2, -0.15) is 0 Å². The summed E-state index contributed by atoms with van der Waals surface area (Å²) in [5, 5.41) is 13.4. The van der Waals surface area contributed by atoms with Crippen LogP contribution in [0.5, 0.6) is 5.75 Å². The molecule has 3 atom stereocenters. The van der Waals surface area contributed by atoms with Crippen LogP contribution in [-0.2, 0) is 11.3 Å². The Morgan fingerprint density at radius 2 is 1.94 bits per heavy atom. The molecule has 1 aliphatic heterocycles. The normalized spacial score (nSPS) is 19.3. The van der Waals surface area contributed by atoms with Crippen LogP contribution in [0.3, 0.4) is 0 Å². The van der Waals surface area contributed by atoms with Gasteiger partial charge >= 0.3 is 5.97 Å². The maximum Gasteiger partial charge on any atom is 0.341 e. The van der Waals surface area contributed by atoms with Gasteiger partial charge in [-0.15, -0.1) is 0 Å². The second-order valence-electron chi connectivity index (χ2n) is 8.93. The van der Waals surface area contributed by atoms with E-state index in [4.69, 9.17) is 4.74 Å². The molecule has 3 N–H and O–H groups in total. The fourth-order valence-corrected chi connectivity index (χ4v) is 5.11. The lowest BCUT2D eigenvalue weighted by Crippen LogP contribution is -2.24. The Balaban J connectivity index is 1.61. The van der Waals surface area contributed by atoms with E-state index in [9.17, 15) is 18.7 Å². The maximum atomic E-state index is 12.5. The molecule has 3 unspecified atom stereocenters. The predicted octanol–water partition coefficient (Wildman–Crippen LogP) is 4.30. The molecule has 1 aliphatic carbocycles. The number of fused-ring (bicyclic) bond motifs is 3. The molecule has 0 bridgehead atoms. The van der Waals surface area contributed by atoms with Crippen molar-refractivity contribution in [3.63, 3.8) is 0 Å². The molecule has 8 nitrogen and oxygen atoms in total. The molecule has 0 radical (unpaired) electrons. The highest BCUT2D eigenvalue weighted by Gasteiger charge is 2.45. The zero-order valence-corrected chi connectivity index (χ0v) is 19.8. The van der Waals surface area contributed by atoms with E-state index in [0.29, 0.717) is 42.1 Å². The molecule has 33 heavy (non-hydrogen) atoms. The van der Waals surface area contributed by atoms with Gasteiger partial charge in [0.05, 0.1) is 23.7 Å². The number of hydrogen-bond acceptors (Lipinski definition) is 5. The third-order valence-corrected chi connectivity index (χ3v) is 6.94. The van der Waals surface area contributed by atoms with Crippen LogP contribution < -0.4 is 14.4 Å². The molecule has 0 aromatic heterocycles. The zero-order valence-electron chi connectivity index (χ0n) is 19.0. The lowest BCUT2D eigenvalue weighted by Gasteiger charge is -2.27. The molecule has 178 valence electrons. The van der Waals surface area contributed by atoms with E-state index in [-0.39, 0.29) is 11.3 Å². The second kappa shape index (κ2) is 10.1. The molecule has 0 saturated heterocycles. The van der Waals surface area contributed by atoms with E-state index in [1.807, 2.05) is 18.2 Å². The third-order valence-electron chi connectivity index (χ3n) is 6.24. The highest BCUT2D eigenvalue weighted by molar-refractivity contribution is 7.81. The minimum absolute atomic E-state index is 0.0706. The van der Waals surface area contributed by atoms with Gasteiger partial charge in [0.1, 0.15) is 11.3 Å². The number of anilines is 3. The number of unbranched alkanes of at least 4 members (excludes halogenated alkanes) is 2. The number of ether oxygens (including phenoxy) is 1. The lowest BCUT2D eigenvalue weighted by molar-refractivity contribution is 0.0692. The number of carboxylic acid groups (broad SMARTS) is 1. The van der Waals surface area contributed by atoms with Crippen LogP contribution in [0.2, 0.25) is 0 Å². The number of benzene rings is 2. The molecule has 0 spiro atoms. The van der Waals surface area contributed by atoms with Crippen molar-refractivity contribution in [2.45, 2.75) is 31.6 Å². The Kier molecular flexibility index (Phi) is 7.21. The minimum Gasteiger partial charge on any atom is -0.492 e. The lowest BCUT2D eigenvalue weighted by atomic mass is 10.00. The highest BCUT2D eigenvalue weighted by Crippen LogP contribution is 2.56. The summed E-state index contributed by atoms with van der Waals surface area (Å²) in [4.78, 5) is 14.4. The average molecular weight is 474 g/mol. The zero-order chi connectivity index (χ0) is 23.5. The van der Waals surface area contributed by atoms with Crippen LogP contribution in [0.25, 0.3) is 0 Å². The van der Waals surface area contributed by atoms with Crippen molar-refractivity contribution in [1.29, 1.82) is 0 Å². The number of para-hydroxylation sites is 2. The topological polar surface area (TPSA) is 102 Å². The quantitative estimate of drug-likeness (QED) is 0.330. The monoisotopic (exact) mass is 473 g/mol. The number of nitrogens with one attached hydrogen (secondary N) is 1. The van der Waals surface area contributed by atoms with Crippen LogP contribution in [0.15, 0.2) is 36.4 Å². The van der Waals surface area contributed by atoms with Gasteiger partial charge in [-0.05, 0) is 69.6 Å². The number of aromatic carboxylic acids is 1. The SMILES string of the molecule is CN(C)CCCCCNc1ccccc1N(c1ccc2c(c1C(=O)O)OCC1CC21)S(=O)O. The number of carboxylic acids is 1. The van der Waals surface area contributed by atoms with E-state index in [1.54, 1.807) is 18.2 Å². The Morgan fingerprint density at radius 1 is 1.15 bits per heavy atom. The summed E-state index contributed by atoms with van der Waals surface area (Å²) in [5.41, 5.74) is 2.05. The van der Waals surface area contributed by atoms with Gasteiger partial charge < -0.3 is 20.1 Å². The van der Waals surface area contributed by atoms with E-state index >= 15 is 0 Å². The molecule has 9 heteroatoms. The molecule has 0 amide bonds. The fourth-order valence-electron chi connectivity index (χ4n) is 4.47.